The van der Waals surface area contributed by atoms with Gasteiger partial charge in [-0.25, -0.2) is 0 Å². The summed E-state index contributed by atoms with van der Waals surface area (Å²) in [5.41, 5.74) is 3.52. The van der Waals surface area contributed by atoms with Gasteiger partial charge in [0.1, 0.15) is 0 Å². The van der Waals surface area contributed by atoms with Gasteiger partial charge in [-0.3, -0.25) is 0 Å². The molecule has 0 aliphatic heterocycles. The quantitative estimate of drug-likeness (QED) is 0.263. The standard InChI is InChI=1S/C20H29Si.3ClH.Ti/c1-3-5-8-11-17-15-18(12-6-4-2)20(16-17)21-19-13-9-7-10-14-19;;;;/h7,9-10,13-14H,3-6,8,11-12,16,21H2,1-2H3;3*1H;/q;;;;+3/p-3. The predicted octanol–water partition coefficient (Wildman–Crippen LogP) is -4.28. The Morgan fingerprint density at radius 3 is 2.12 bits per heavy atom. The molecule has 1 aliphatic rings. The molecule has 0 amide bonds. The zero-order valence-corrected chi connectivity index (χ0v) is 20.6. The Labute approximate surface area is 187 Å². The first-order chi connectivity index (χ1) is 10.8. The number of allylic oxidation sites excluding steroid dienone is 4. The maximum atomic E-state index is 2.40. The van der Waals surface area contributed by atoms with Crippen molar-refractivity contribution in [3.63, 3.8) is 0 Å². The van der Waals surface area contributed by atoms with Crippen molar-refractivity contribution in [2.24, 2.45) is 0 Å². The van der Waals surface area contributed by atoms with Crippen LogP contribution in [0.15, 0.2) is 50.6 Å². The number of hydrogen-bond donors (Lipinski definition) is 0. The summed E-state index contributed by atoms with van der Waals surface area (Å²) in [7, 11) is -0.264. The van der Waals surface area contributed by atoms with Crippen LogP contribution in [-0.4, -0.2) is 9.52 Å². The zero-order valence-electron chi connectivity index (χ0n) is 15.4. The topological polar surface area (TPSA) is 0 Å². The average Bonchev–Trinajstić information content (AvgIpc) is 2.82. The third-order valence-electron chi connectivity index (χ3n) is 4.63. The minimum absolute atomic E-state index is 0. The molecule has 0 atom stereocenters. The Morgan fingerprint density at radius 2 is 1.52 bits per heavy atom. The van der Waals surface area contributed by atoms with Gasteiger partial charge in [0.15, 0.2) is 0 Å². The van der Waals surface area contributed by atoms with Crippen LogP contribution in [0.25, 0.3) is 0 Å². The van der Waals surface area contributed by atoms with Crippen LogP contribution in [0.4, 0.5) is 0 Å². The Balaban J connectivity index is 0. The summed E-state index contributed by atoms with van der Waals surface area (Å²) < 4.78 is 1.67. The number of halogens is 3. The maximum absolute atomic E-state index is 2.40. The van der Waals surface area contributed by atoms with E-state index in [1.54, 1.807) is 20.2 Å². The number of hydrogen-bond acceptors (Lipinski definition) is 0. The Kier molecular flexibility index (Phi) is 17.2. The van der Waals surface area contributed by atoms with Gasteiger partial charge in [0.2, 0.25) is 0 Å². The summed E-state index contributed by atoms with van der Waals surface area (Å²) in [5, 5.41) is 3.44. The minimum atomic E-state index is -0.264. The van der Waals surface area contributed by atoms with E-state index in [4.69, 9.17) is 0 Å². The van der Waals surface area contributed by atoms with Crippen LogP contribution in [0.3, 0.4) is 0 Å². The average molecular weight is 452 g/mol. The van der Waals surface area contributed by atoms with Gasteiger partial charge >= 0.3 is 151 Å². The Bertz CT molecular complexity index is 541. The molecule has 0 fully saturated rings. The van der Waals surface area contributed by atoms with Crippen molar-refractivity contribution in [2.75, 3.05) is 0 Å². The number of benzene rings is 1. The van der Waals surface area contributed by atoms with E-state index in [-0.39, 0.29) is 46.7 Å². The summed E-state index contributed by atoms with van der Waals surface area (Å²) in [5.74, 6) is 0. The molecule has 0 aromatic heterocycles. The van der Waals surface area contributed by atoms with E-state index in [1.807, 2.05) is 5.20 Å². The molecule has 138 valence electrons. The molecule has 0 unspecified atom stereocenters. The number of unbranched alkanes of at least 4 members (excludes halogenated alkanes) is 3. The van der Waals surface area contributed by atoms with Crippen molar-refractivity contribution in [1.29, 1.82) is 0 Å². The first kappa shape index (κ1) is 27.7. The van der Waals surface area contributed by atoms with Crippen LogP contribution in [0, 0.1) is 0 Å². The van der Waals surface area contributed by atoms with Crippen molar-refractivity contribution in [3.05, 3.63) is 50.6 Å². The SMILES string of the molecule is CCCCCC1=[C]([Ti+3])C(CCCC)=C([SiH2]c2ccccc2)C1.[Cl-].[Cl-].[Cl-]. The maximum Gasteiger partial charge on any atom is -1.00 e. The van der Waals surface area contributed by atoms with E-state index in [9.17, 15) is 0 Å². The van der Waals surface area contributed by atoms with E-state index in [0.29, 0.717) is 0 Å². The molecule has 5 heteroatoms. The van der Waals surface area contributed by atoms with Crippen LogP contribution in [-0.2, 0) is 20.4 Å². The molecular formula is C20H29Cl3SiTi. The zero-order chi connectivity index (χ0) is 15.8. The smallest absolute Gasteiger partial charge is 1.00 e. The summed E-state index contributed by atoms with van der Waals surface area (Å²) in [4.78, 5) is 0. The molecule has 0 saturated carbocycles. The van der Waals surface area contributed by atoms with Crippen LogP contribution in [0.1, 0.15) is 65.2 Å². The molecule has 0 saturated heterocycles. The molecule has 0 bridgehead atoms. The summed E-state index contributed by atoms with van der Waals surface area (Å²) in [6.07, 6.45) is 10.7. The molecule has 1 aromatic rings. The molecule has 0 radical (unpaired) electrons. The number of rotatable bonds is 9. The largest absolute Gasteiger partial charge is 1.00 e. The fraction of sp³-hybridized carbons (Fsp3) is 0.500. The third-order valence-corrected chi connectivity index (χ3v) is 7.64. The molecule has 1 aromatic carbocycles. The molecule has 0 spiro atoms. The van der Waals surface area contributed by atoms with Crippen molar-refractivity contribution < 1.29 is 57.7 Å². The molecule has 0 heterocycles. The van der Waals surface area contributed by atoms with E-state index >= 15 is 0 Å². The van der Waals surface area contributed by atoms with Gasteiger partial charge < -0.3 is 37.2 Å². The van der Waals surface area contributed by atoms with Crippen LogP contribution in [0.2, 0.25) is 0 Å². The third kappa shape index (κ3) is 8.82. The molecule has 2 rings (SSSR count). The first-order valence-electron chi connectivity index (χ1n) is 8.95. The van der Waals surface area contributed by atoms with Crippen molar-refractivity contribution >= 4 is 14.7 Å². The second-order valence-electron chi connectivity index (χ2n) is 6.46. The van der Waals surface area contributed by atoms with Crippen molar-refractivity contribution in [1.82, 2.24) is 0 Å². The monoisotopic (exact) mass is 450 g/mol. The summed E-state index contributed by atoms with van der Waals surface area (Å²) >= 11 is 2.40. The first-order valence-corrected chi connectivity index (χ1v) is 11.1. The van der Waals surface area contributed by atoms with Crippen molar-refractivity contribution in [3.8, 4) is 0 Å². The molecule has 0 N–H and O–H groups in total. The van der Waals surface area contributed by atoms with E-state index < -0.39 is 0 Å². The second kappa shape index (κ2) is 15.5. The van der Waals surface area contributed by atoms with Gasteiger partial charge in [0.25, 0.3) is 0 Å². The molecule has 1 aliphatic carbocycles. The molecule has 25 heavy (non-hydrogen) atoms. The summed E-state index contributed by atoms with van der Waals surface area (Å²) in [6, 6.07) is 11.2. The fourth-order valence-corrected chi connectivity index (χ4v) is 6.39. The predicted molar refractivity (Wildman–Crippen MR) is 97.0 cm³/mol. The van der Waals surface area contributed by atoms with Crippen LogP contribution < -0.4 is 42.4 Å². The summed E-state index contributed by atoms with van der Waals surface area (Å²) in [6.45, 7) is 4.61. The van der Waals surface area contributed by atoms with Crippen LogP contribution >= 0.6 is 0 Å². The van der Waals surface area contributed by atoms with Crippen molar-refractivity contribution in [2.45, 2.75) is 65.2 Å². The van der Waals surface area contributed by atoms with Crippen LogP contribution in [0.5, 0.6) is 0 Å². The molecular weight excluding hydrogens is 423 g/mol. The Hall–Kier alpha value is 0.501. The minimum Gasteiger partial charge on any atom is -1.00 e. The Morgan fingerprint density at radius 1 is 0.880 bits per heavy atom. The molecule has 0 nitrogen and oxygen atoms in total. The normalized spacial score (nSPS) is 13.8. The van der Waals surface area contributed by atoms with Gasteiger partial charge in [-0.05, 0) is 0 Å². The van der Waals surface area contributed by atoms with Gasteiger partial charge in [0, 0.05) is 0 Å². The van der Waals surface area contributed by atoms with Gasteiger partial charge in [-0.1, -0.05) is 0 Å². The second-order valence-corrected chi connectivity index (χ2v) is 9.26. The van der Waals surface area contributed by atoms with Gasteiger partial charge in [-0.15, -0.1) is 0 Å². The van der Waals surface area contributed by atoms with E-state index in [1.165, 1.54) is 51.4 Å². The van der Waals surface area contributed by atoms with Gasteiger partial charge in [-0.2, -0.15) is 0 Å². The van der Waals surface area contributed by atoms with E-state index in [0.717, 1.165) is 0 Å². The fourth-order valence-electron chi connectivity index (χ4n) is 3.31. The van der Waals surface area contributed by atoms with Gasteiger partial charge in [0.05, 0.1) is 0 Å². The van der Waals surface area contributed by atoms with E-state index in [2.05, 4.69) is 64.6 Å².